The molecule has 3 unspecified atom stereocenters. The summed E-state index contributed by atoms with van der Waals surface area (Å²) in [5.74, 6) is -0.804. The van der Waals surface area contributed by atoms with Crippen LogP contribution in [0.1, 0.15) is 51.7 Å². The van der Waals surface area contributed by atoms with Gasteiger partial charge in [-0.25, -0.2) is 9.59 Å². The molecule has 2 aromatic rings. The van der Waals surface area contributed by atoms with Gasteiger partial charge in [-0.2, -0.15) is 0 Å². The van der Waals surface area contributed by atoms with Crippen molar-refractivity contribution in [2.45, 2.75) is 77.0 Å². The molecule has 3 atom stereocenters. The van der Waals surface area contributed by atoms with E-state index in [1.165, 1.54) is 9.80 Å². The van der Waals surface area contributed by atoms with Crippen molar-refractivity contribution in [2.24, 2.45) is 0 Å². The van der Waals surface area contributed by atoms with Gasteiger partial charge in [-0.05, 0) is 51.7 Å². The Kier molecular flexibility index (Phi) is 7.87. The average Bonchev–Trinajstić information content (AvgIpc) is 3.33. The largest absolute Gasteiger partial charge is 0.459 e. The Hall–Kier alpha value is -3.39. The molecule has 0 saturated carbocycles. The van der Waals surface area contributed by atoms with Crippen LogP contribution in [-0.4, -0.2) is 64.1 Å². The molecule has 2 aromatic carbocycles. The van der Waals surface area contributed by atoms with Crippen LogP contribution in [0.2, 0.25) is 0 Å². The van der Waals surface area contributed by atoms with Gasteiger partial charge in [0, 0.05) is 6.54 Å². The SMILES string of the molecule is CC(OCc1ccccc1)C(C(=O)OCc1ccccc1)N1CC2(CCCN2C(=O)OC(C)(C)C)C1=O. The first-order valence-electron chi connectivity index (χ1n) is 12.8. The van der Waals surface area contributed by atoms with Gasteiger partial charge in [-0.1, -0.05) is 60.7 Å². The first kappa shape index (κ1) is 26.7. The molecule has 8 heteroatoms. The molecule has 0 N–H and O–H groups in total. The van der Waals surface area contributed by atoms with Gasteiger partial charge in [0.1, 0.15) is 17.7 Å². The van der Waals surface area contributed by atoms with Crippen molar-refractivity contribution in [3.8, 4) is 0 Å². The summed E-state index contributed by atoms with van der Waals surface area (Å²) in [6.07, 6.45) is 0.102. The normalized spacial score (nSPS) is 20.9. The van der Waals surface area contributed by atoms with E-state index in [2.05, 4.69) is 0 Å². The van der Waals surface area contributed by atoms with Crippen LogP contribution in [0.3, 0.4) is 0 Å². The van der Waals surface area contributed by atoms with Gasteiger partial charge in [0.15, 0.2) is 6.04 Å². The molecule has 198 valence electrons. The monoisotopic (exact) mass is 508 g/mol. The molecule has 2 aliphatic heterocycles. The minimum Gasteiger partial charge on any atom is -0.459 e. The second-order valence-electron chi connectivity index (χ2n) is 10.7. The third kappa shape index (κ3) is 5.96. The molecule has 1 spiro atoms. The number of carbonyl (C=O) groups is 3. The number of nitrogens with zero attached hydrogens (tertiary/aromatic N) is 2. The third-order valence-corrected chi connectivity index (χ3v) is 6.80. The number of esters is 1. The van der Waals surface area contributed by atoms with Gasteiger partial charge < -0.3 is 19.1 Å². The van der Waals surface area contributed by atoms with Crippen LogP contribution in [0.15, 0.2) is 60.7 Å². The molecular weight excluding hydrogens is 472 g/mol. The predicted molar refractivity (Wildman–Crippen MR) is 137 cm³/mol. The average molecular weight is 509 g/mol. The number of benzene rings is 2. The number of likely N-dealkylation sites (tertiary alicyclic amines) is 2. The van der Waals surface area contributed by atoms with Gasteiger partial charge in [0.2, 0.25) is 0 Å². The summed E-state index contributed by atoms with van der Waals surface area (Å²) in [5, 5.41) is 0. The van der Waals surface area contributed by atoms with Crippen LogP contribution in [0, 0.1) is 0 Å². The fraction of sp³-hybridized carbons (Fsp3) is 0.483. The van der Waals surface area contributed by atoms with E-state index in [0.717, 1.165) is 11.1 Å². The molecule has 0 aromatic heterocycles. The summed E-state index contributed by atoms with van der Waals surface area (Å²) in [5.41, 5.74) is 0.158. The lowest BCUT2D eigenvalue weighted by molar-refractivity contribution is -0.182. The van der Waals surface area contributed by atoms with Gasteiger partial charge in [0.05, 0.1) is 19.3 Å². The minimum absolute atomic E-state index is 0.0960. The quantitative estimate of drug-likeness (QED) is 0.390. The molecule has 2 heterocycles. The van der Waals surface area contributed by atoms with Crippen LogP contribution in [0.4, 0.5) is 4.79 Å². The molecule has 4 rings (SSSR count). The maximum atomic E-state index is 13.7. The highest BCUT2D eigenvalue weighted by Crippen LogP contribution is 2.41. The van der Waals surface area contributed by atoms with Gasteiger partial charge in [0.25, 0.3) is 5.91 Å². The molecule has 37 heavy (non-hydrogen) atoms. The molecule has 2 amide bonds. The van der Waals surface area contributed by atoms with Crippen molar-refractivity contribution >= 4 is 18.0 Å². The lowest BCUT2D eigenvalue weighted by Crippen LogP contribution is -2.76. The summed E-state index contributed by atoms with van der Waals surface area (Å²) in [6, 6.07) is 18.1. The van der Waals surface area contributed by atoms with Crippen LogP contribution < -0.4 is 0 Å². The summed E-state index contributed by atoms with van der Waals surface area (Å²) < 4.78 is 17.3. The van der Waals surface area contributed by atoms with Gasteiger partial charge >= 0.3 is 12.1 Å². The lowest BCUT2D eigenvalue weighted by Gasteiger charge is -2.53. The molecule has 0 radical (unpaired) electrons. The Morgan fingerprint density at radius 2 is 1.57 bits per heavy atom. The highest BCUT2D eigenvalue weighted by Gasteiger charge is 2.63. The fourth-order valence-electron chi connectivity index (χ4n) is 4.95. The Morgan fingerprint density at radius 3 is 2.14 bits per heavy atom. The van der Waals surface area contributed by atoms with Gasteiger partial charge in [-0.3, -0.25) is 9.69 Å². The van der Waals surface area contributed by atoms with Crippen LogP contribution >= 0.6 is 0 Å². The molecule has 2 aliphatic rings. The van der Waals surface area contributed by atoms with E-state index in [-0.39, 0.29) is 19.1 Å². The maximum Gasteiger partial charge on any atom is 0.411 e. The first-order chi connectivity index (χ1) is 17.6. The van der Waals surface area contributed by atoms with E-state index in [0.29, 0.717) is 26.0 Å². The van der Waals surface area contributed by atoms with Crippen LogP contribution in [-0.2, 0) is 37.0 Å². The maximum absolute atomic E-state index is 13.7. The molecule has 2 saturated heterocycles. The molecule has 0 bridgehead atoms. The topological polar surface area (TPSA) is 85.4 Å². The van der Waals surface area contributed by atoms with E-state index in [4.69, 9.17) is 14.2 Å². The second-order valence-corrected chi connectivity index (χ2v) is 10.7. The standard InChI is InChI=1S/C29H36N2O6/c1-21(35-18-22-12-7-5-8-13-22)24(25(32)36-19-23-14-9-6-10-15-23)30-20-29(26(30)33)16-11-17-31(29)27(34)37-28(2,3)4/h5-10,12-15,21,24H,11,16-20H2,1-4H3. The van der Waals surface area contributed by atoms with Crippen molar-refractivity contribution in [3.05, 3.63) is 71.8 Å². The number of amides is 2. The molecular formula is C29H36N2O6. The summed E-state index contributed by atoms with van der Waals surface area (Å²) in [7, 11) is 0. The van der Waals surface area contributed by atoms with E-state index in [9.17, 15) is 14.4 Å². The minimum atomic E-state index is -0.987. The zero-order valence-electron chi connectivity index (χ0n) is 22.0. The molecule has 8 nitrogen and oxygen atoms in total. The smallest absolute Gasteiger partial charge is 0.411 e. The number of hydrogen-bond donors (Lipinski definition) is 0. The number of rotatable bonds is 8. The van der Waals surface area contributed by atoms with Gasteiger partial charge in [-0.15, -0.1) is 0 Å². The highest BCUT2D eigenvalue weighted by molar-refractivity contribution is 5.99. The summed E-state index contributed by atoms with van der Waals surface area (Å²) in [4.78, 5) is 42.9. The van der Waals surface area contributed by atoms with E-state index < -0.39 is 35.3 Å². The van der Waals surface area contributed by atoms with Crippen LogP contribution in [0.25, 0.3) is 0 Å². The number of carbonyl (C=O) groups excluding carboxylic acids is 3. The number of ether oxygens (including phenoxy) is 3. The zero-order chi connectivity index (χ0) is 26.6. The summed E-state index contributed by atoms with van der Waals surface area (Å²) >= 11 is 0. The highest BCUT2D eigenvalue weighted by atomic mass is 16.6. The van der Waals surface area contributed by atoms with Crippen molar-refractivity contribution in [2.75, 3.05) is 13.1 Å². The van der Waals surface area contributed by atoms with Crippen LogP contribution in [0.5, 0.6) is 0 Å². The number of β-lactam (4-membered cyclic amide) rings is 1. The zero-order valence-corrected chi connectivity index (χ0v) is 22.0. The third-order valence-electron chi connectivity index (χ3n) is 6.80. The molecule has 0 aliphatic carbocycles. The van der Waals surface area contributed by atoms with Crippen molar-refractivity contribution in [1.29, 1.82) is 0 Å². The van der Waals surface area contributed by atoms with Crippen molar-refractivity contribution in [1.82, 2.24) is 9.80 Å². The first-order valence-corrected chi connectivity index (χ1v) is 12.8. The second kappa shape index (κ2) is 10.9. The Balaban J connectivity index is 1.50. The number of hydrogen-bond acceptors (Lipinski definition) is 6. The van der Waals surface area contributed by atoms with E-state index in [1.807, 2.05) is 60.7 Å². The molecule has 2 fully saturated rings. The Bertz CT molecular complexity index is 1100. The Labute approximate surface area is 218 Å². The van der Waals surface area contributed by atoms with E-state index >= 15 is 0 Å². The van der Waals surface area contributed by atoms with Crippen molar-refractivity contribution in [3.63, 3.8) is 0 Å². The van der Waals surface area contributed by atoms with Crippen molar-refractivity contribution < 1.29 is 28.6 Å². The predicted octanol–water partition coefficient (Wildman–Crippen LogP) is 4.32. The fourth-order valence-corrected chi connectivity index (χ4v) is 4.95. The summed E-state index contributed by atoms with van der Waals surface area (Å²) in [6.45, 7) is 8.23. The van der Waals surface area contributed by atoms with E-state index in [1.54, 1.807) is 27.7 Å². The Morgan fingerprint density at radius 1 is 0.973 bits per heavy atom. The lowest BCUT2D eigenvalue weighted by atomic mass is 9.83.